The molecule has 1 radical (unpaired) electrons. The zero-order valence-corrected chi connectivity index (χ0v) is 17.1. The van der Waals surface area contributed by atoms with Crippen LogP contribution in [-0.2, 0) is 4.79 Å². The monoisotopic (exact) mass is 426 g/mol. The second kappa shape index (κ2) is 9.63. The van der Waals surface area contributed by atoms with Crippen molar-refractivity contribution >= 4 is 22.8 Å². The fourth-order valence-corrected chi connectivity index (χ4v) is 3.52. The minimum absolute atomic E-state index is 0. The molecule has 0 aromatic carbocycles. The molecule has 1 atom stereocenters. The summed E-state index contributed by atoms with van der Waals surface area (Å²) in [5.74, 6) is 0.167. The smallest absolute Gasteiger partial charge is 0.233 e. The van der Waals surface area contributed by atoms with Crippen molar-refractivity contribution in [1.82, 2.24) is 10.2 Å². The first-order chi connectivity index (χ1) is 9.16. The van der Waals surface area contributed by atoms with E-state index in [9.17, 15) is 4.79 Å². The third-order valence-electron chi connectivity index (χ3n) is 3.86. The molecule has 0 aromatic rings. The van der Waals surface area contributed by atoms with Gasteiger partial charge in [-0.15, -0.1) is 0 Å². The fourth-order valence-electron chi connectivity index (χ4n) is 2.59. The number of hydrogen-bond acceptors (Lipinski definition) is 4. The Morgan fingerprint density at radius 1 is 1.40 bits per heavy atom. The number of aliphatic imine (C=N–C) groups is 1. The Labute approximate surface area is 161 Å². The van der Waals surface area contributed by atoms with Crippen LogP contribution in [0.25, 0.3) is 0 Å². The number of likely N-dealkylation sites (N-methyl/N-ethyl adjacent to an activating group) is 1. The molecule has 2 aliphatic rings. The van der Waals surface area contributed by atoms with Crippen LogP contribution in [0.4, 0.5) is 0 Å². The zero-order chi connectivity index (χ0) is 13.7. The van der Waals surface area contributed by atoms with Crippen LogP contribution in [0.15, 0.2) is 4.99 Å². The zero-order valence-electron chi connectivity index (χ0n) is 12.6. The molecule has 1 aliphatic heterocycles. The van der Waals surface area contributed by atoms with Crippen LogP contribution in [0.5, 0.6) is 0 Å². The number of nitrogens with one attached hydrogen (secondary N) is 1. The Morgan fingerprint density at radius 2 is 2.05 bits per heavy atom. The fraction of sp³-hybridized carbons (Fsp3) is 0.857. The van der Waals surface area contributed by atoms with E-state index >= 15 is 0 Å². The summed E-state index contributed by atoms with van der Waals surface area (Å²) in [5.41, 5.74) is 0. The molecule has 4 nitrogen and oxygen atoms in total. The van der Waals surface area contributed by atoms with Crippen LogP contribution >= 0.6 is 11.8 Å². The van der Waals surface area contributed by atoms with Crippen molar-refractivity contribution in [2.75, 3.05) is 20.1 Å². The van der Waals surface area contributed by atoms with Gasteiger partial charge in [-0.25, -0.2) is 0 Å². The average Bonchev–Trinajstić information content (AvgIpc) is 2.65. The van der Waals surface area contributed by atoms with E-state index in [1.807, 2.05) is 14.0 Å². The van der Waals surface area contributed by atoms with Gasteiger partial charge in [-0.3, -0.25) is 9.79 Å². The maximum Gasteiger partial charge on any atom is 0.233 e. The van der Waals surface area contributed by atoms with Gasteiger partial charge in [-0.05, 0) is 19.8 Å². The molecule has 0 saturated heterocycles. The van der Waals surface area contributed by atoms with E-state index in [1.54, 1.807) is 11.8 Å². The van der Waals surface area contributed by atoms with Crippen molar-refractivity contribution in [1.29, 1.82) is 0 Å². The predicted molar refractivity (Wildman–Crippen MR) is 83.7 cm³/mol. The van der Waals surface area contributed by atoms with Crippen molar-refractivity contribution in [2.24, 2.45) is 4.99 Å². The van der Waals surface area contributed by atoms with Gasteiger partial charge in [0.2, 0.25) is 5.91 Å². The van der Waals surface area contributed by atoms with E-state index in [1.165, 1.54) is 25.7 Å². The number of amidine groups is 1. The topological polar surface area (TPSA) is 44.7 Å². The Bertz CT molecular complexity index is 349. The van der Waals surface area contributed by atoms with E-state index in [0.29, 0.717) is 6.04 Å². The Balaban J connectivity index is 0.00000200. The predicted octanol–water partition coefficient (Wildman–Crippen LogP) is 2.49. The molecule has 1 unspecified atom stereocenters. The van der Waals surface area contributed by atoms with E-state index in [-0.39, 0.29) is 53.9 Å². The summed E-state index contributed by atoms with van der Waals surface area (Å²) in [6.07, 6.45) is 7.42. The minimum Gasteiger partial charge on any atom is -0.353 e. The maximum atomic E-state index is 12.2. The van der Waals surface area contributed by atoms with Crippen LogP contribution in [0.3, 0.4) is 0 Å². The molecule has 1 heterocycles. The average molecular weight is 426 g/mol. The molecule has 0 spiro atoms. The number of thioether (sulfide) groups is 1. The number of nitrogens with zero attached hydrogens (tertiary/aromatic N) is 2. The molecule has 1 fully saturated rings. The molecule has 0 aromatic heterocycles. The summed E-state index contributed by atoms with van der Waals surface area (Å²) in [5, 5.41) is 4.16. The minimum atomic E-state index is -0.0532. The summed E-state index contributed by atoms with van der Waals surface area (Å²) in [6.45, 7) is 3.81. The molecule has 0 bridgehead atoms. The number of rotatable bonds is 3. The number of amides is 1. The van der Waals surface area contributed by atoms with Crippen molar-refractivity contribution in [2.45, 2.75) is 56.7 Å². The van der Waals surface area contributed by atoms with E-state index < -0.39 is 0 Å². The largest absolute Gasteiger partial charge is 0.353 e. The maximum absolute atomic E-state index is 12.2. The van der Waals surface area contributed by atoms with Crippen LogP contribution in [0.2, 0.25) is 0 Å². The Morgan fingerprint density at radius 3 is 2.60 bits per heavy atom. The van der Waals surface area contributed by atoms with Crippen molar-refractivity contribution < 1.29 is 47.5 Å². The van der Waals surface area contributed by atoms with Gasteiger partial charge in [0.15, 0.2) is 5.17 Å². The quantitative estimate of drug-likeness (QED) is 0.706. The van der Waals surface area contributed by atoms with Crippen molar-refractivity contribution in [3.05, 3.63) is 0 Å². The first-order valence-electron chi connectivity index (χ1n) is 7.39. The van der Waals surface area contributed by atoms with Gasteiger partial charge in [-0.2, -0.15) is 0 Å². The van der Waals surface area contributed by atoms with Crippen LogP contribution < -0.4 is 5.32 Å². The van der Waals surface area contributed by atoms with E-state index in [2.05, 4.69) is 15.2 Å². The van der Waals surface area contributed by atoms with Crippen LogP contribution in [-0.4, -0.2) is 47.4 Å². The molecule has 1 saturated carbocycles. The normalized spacial score (nSPS) is 21.7. The molecule has 113 valence electrons. The first kappa shape index (κ1) is 18.7. The number of carbonyl (C=O) groups excluding carboxylic acids is 1. The number of hydrogen-bond donors (Lipinski definition) is 1. The van der Waals surface area contributed by atoms with E-state index in [0.717, 1.165) is 31.1 Å². The third-order valence-corrected chi connectivity index (χ3v) is 5.08. The summed E-state index contributed by atoms with van der Waals surface area (Å²) in [6, 6.07) is 0.390. The Kier molecular flexibility index (Phi) is 9.00. The molecule has 1 amide bonds. The van der Waals surface area contributed by atoms with Gasteiger partial charge in [0, 0.05) is 62.4 Å². The molecule has 1 aliphatic carbocycles. The standard InChI is InChI=1S/C14H25N3OS.Pr.H2/c1-11(19-14-15-9-10-17(14)2)13(18)16-12-7-5-3-4-6-8-12;;/h11-12H,3-10H2,1-2H3,(H,16,18);;1H. The van der Waals surface area contributed by atoms with Gasteiger partial charge in [0.1, 0.15) is 0 Å². The third kappa shape index (κ3) is 5.80. The van der Waals surface area contributed by atoms with E-state index in [4.69, 9.17) is 0 Å². The van der Waals surface area contributed by atoms with Crippen LogP contribution in [0, 0.1) is 41.3 Å². The second-order valence-electron chi connectivity index (χ2n) is 5.54. The van der Waals surface area contributed by atoms with Gasteiger partial charge < -0.3 is 10.2 Å². The number of carbonyl (C=O) groups is 1. The Hall–Kier alpha value is 0.654. The first-order valence-corrected chi connectivity index (χ1v) is 8.27. The SMILES string of the molecule is CC(SC1=NCCN1C)C(=O)NC1CCCCCC1.[HH].[Pr]. The second-order valence-corrected chi connectivity index (χ2v) is 6.85. The van der Waals surface area contributed by atoms with Crippen molar-refractivity contribution in [3.8, 4) is 0 Å². The van der Waals surface area contributed by atoms with Crippen LogP contribution in [0.1, 0.15) is 46.9 Å². The summed E-state index contributed by atoms with van der Waals surface area (Å²) in [7, 11) is 2.04. The summed E-state index contributed by atoms with van der Waals surface area (Å²) in [4.78, 5) is 18.8. The summed E-state index contributed by atoms with van der Waals surface area (Å²) >= 11 is 1.58. The molecule has 2 rings (SSSR count). The summed E-state index contributed by atoms with van der Waals surface area (Å²) < 4.78 is 0. The van der Waals surface area contributed by atoms with Crippen molar-refractivity contribution in [3.63, 3.8) is 0 Å². The molecular formula is C14H27N3OPrS. The molecular weight excluding hydrogens is 399 g/mol. The van der Waals surface area contributed by atoms with Gasteiger partial charge in [-0.1, -0.05) is 37.4 Å². The molecule has 20 heavy (non-hydrogen) atoms. The van der Waals surface area contributed by atoms with Gasteiger partial charge in [0.25, 0.3) is 0 Å². The molecule has 6 heteroatoms. The van der Waals surface area contributed by atoms with Gasteiger partial charge in [0.05, 0.1) is 11.8 Å². The van der Waals surface area contributed by atoms with Gasteiger partial charge >= 0.3 is 0 Å². The molecule has 1 N–H and O–H groups in total.